The maximum atomic E-state index is 13.4. The SMILES string of the molecule is COc1ccc(Oc2ccc(CNC(=O)C3(NC(=O)Oc4cncnc4)CC(=NO)C3)cc2)c(C(F)(F)F)c1. The highest BCUT2D eigenvalue weighted by molar-refractivity contribution is 6.07. The van der Waals surface area contributed by atoms with Crippen LogP contribution in [-0.4, -0.2) is 45.5 Å². The molecule has 11 nitrogen and oxygen atoms in total. The molecule has 1 aromatic heterocycles. The van der Waals surface area contributed by atoms with E-state index < -0.39 is 35.0 Å². The van der Waals surface area contributed by atoms with Crippen molar-refractivity contribution in [3.8, 4) is 23.0 Å². The lowest BCUT2D eigenvalue weighted by Crippen LogP contribution is -2.66. The Kier molecular flexibility index (Phi) is 7.83. The highest BCUT2D eigenvalue weighted by Crippen LogP contribution is 2.40. The maximum Gasteiger partial charge on any atom is 0.420 e. The normalized spacial score (nSPS) is 16.5. The van der Waals surface area contributed by atoms with Crippen LogP contribution in [0.3, 0.4) is 0 Å². The molecule has 3 N–H and O–H groups in total. The van der Waals surface area contributed by atoms with Crippen molar-refractivity contribution in [1.82, 2.24) is 20.6 Å². The van der Waals surface area contributed by atoms with Gasteiger partial charge in [-0.15, -0.1) is 0 Å². The third-order valence-corrected chi connectivity index (χ3v) is 5.77. The number of oxime groups is 1. The van der Waals surface area contributed by atoms with Crippen LogP contribution in [0.4, 0.5) is 18.0 Å². The molecule has 0 spiro atoms. The van der Waals surface area contributed by atoms with Crippen LogP contribution in [0.15, 0.2) is 66.3 Å². The number of halogens is 3. The van der Waals surface area contributed by atoms with Crippen molar-refractivity contribution in [2.24, 2.45) is 5.16 Å². The highest BCUT2D eigenvalue weighted by atomic mass is 19.4. The molecule has 0 bridgehead atoms. The van der Waals surface area contributed by atoms with Gasteiger partial charge in [0.2, 0.25) is 5.91 Å². The number of alkyl halides is 3. The zero-order chi connectivity index (χ0) is 28.0. The number of hydrogen-bond donors (Lipinski definition) is 3. The largest absolute Gasteiger partial charge is 0.497 e. The lowest BCUT2D eigenvalue weighted by atomic mass is 9.74. The van der Waals surface area contributed by atoms with Crippen LogP contribution in [0.2, 0.25) is 0 Å². The van der Waals surface area contributed by atoms with Crippen molar-refractivity contribution < 1.29 is 42.2 Å². The molecule has 3 aromatic rings. The summed E-state index contributed by atoms with van der Waals surface area (Å²) in [5.74, 6) is -0.684. The third-order valence-electron chi connectivity index (χ3n) is 5.77. The Labute approximate surface area is 219 Å². The van der Waals surface area contributed by atoms with E-state index in [0.717, 1.165) is 6.07 Å². The fraction of sp³-hybridized carbons (Fsp3) is 0.240. The van der Waals surface area contributed by atoms with Gasteiger partial charge < -0.3 is 30.1 Å². The van der Waals surface area contributed by atoms with Crippen molar-refractivity contribution in [3.05, 3.63) is 72.3 Å². The van der Waals surface area contributed by atoms with E-state index in [1.807, 2.05) is 0 Å². The minimum Gasteiger partial charge on any atom is -0.497 e. The van der Waals surface area contributed by atoms with Gasteiger partial charge in [-0.2, -0.15) is 13.2 Å². The number of methoxy groups -OCH3 is 1. The molecule has 0 aliphatic heterocycles. The van der Waals surface area contributed by atoms with Crippen molar-refractivity contribution in [3.63, 3.8) is 0 Å². The molecule has 0 saturated heterocycles. The van der Waals surface area contributed by atoms with Crippen LogP contribution in [-0.2, 0) is 17.5 Å². The first-order valence-electron chi connectivity index (χ1n) is 11.4. The van der Waals surface area contributed by atoms with E-state index in [1.54, 1.807) is 12.1 Å². The first-order chi connectivity index (χ1) is 18.6. The van der Waals surface area contributed by atoms with E-state index in [-0.39, 0.29) is 36.6 Å². The van der Waals surface area contributed by atoms with E-state index in [4.69, 9.17) is 19.4 Å². The van der Waals surface area contributed by atoms with Crippen LogP contribution in [0.5, 0.6) is 23.0 Å². The molecule has 1 fully saturated rings. The Bertz CT molecular complexity index is 1360. The number of carbonyl (C=O) groups is 2. The van der Waals surface area contributed by atoms with Gasteiger partial charge in [-0.05, 0) is 35.9 Å². The summed E-state index contributed by atoms with van der Waals surface area (Å²) in [4.78, 5) is 32.8. The van der Waals surface area contributed by atoms with E-state index in [0.29, 0.717) is 11.3 Å². The predicted octanol–water partition coefficient (Wildman–Crippen LogP) is 4.06. The number of amides is 2. The first kappa shape index (κ1) is 27.2. The minimum atomic E-state index is -4.65. The summed E-state index contributed by atoms with van der Waals surface area (Å²) in [5, 5.41) is 17.3. The van der Waals surface area contributed by atoms with Gasteiger partial charge in [-0.25, -0.2) is 14.8 Å². The van der Waals surface area contributed by atoms with Crippen molar-refractivity contribution in [2.75, 3.05) is 7.11 Å². The Morgan fingerprint density at radius 2 is 1.72 bits per heavy atom. The van der Waals surface area contributed by atoms with Crippen molar-refractivity contribution >= 4 is 17.7 Å². The number of nitrogens with one attached hydrogen (secondary N) is 2. The summed E-state index contributed by atoms with van der Waals surface area (Å²) < 4.78 is 55.7. The first-order valence-corrected chi connectivity index (χ1v) is 11.4. The molecule has 39 heavy (non-hydrogen) atoms. The van der Waals surface area contributed by atoms with E-state index in [9.17, 15) is 22.8 Å². The predicted molar refractivity (Wildman–Crippen MR) is 129 cm³/mol. The molecule has 2 amide bonds. The van der Waals surface area contributed by atoms with Crippen LogP contribution < -0.4 is 24.8 Å². The van der Waals surface area contributed by atoms with E-state index in [1.165, 1.54) is 50.1 Å². The summed E-state index contributed by atoms with van der Waals surface area (Å²) in [5.41, 5.74) is -1.47. The molecule has 0 atom stereocenters. The number of ether oxygens (including phenoxy) is 3. The van der Waals surface area contributed by atoms with Gasteiger partial charge in [0.05, 0.1) is 25.2 Å². The fourth-order valence-corrected chi connectivity index (χ4v) is 3.79. The van der Waals surface area contributed by atoms with E-state index >= 15 is 0 Å². The summed E-state index contributed by atoms with van der Waals surface area (Å²) in [7, 11) is 1.27. The number of nitrogens with zero attached hydrogens (tertiary/aromatic N) is 3. The molecule has 0 radical (unpaired) electrons. The number of rotatable bonds is 8. The average Bonchev–Trinajstić information content (AvgIpc) is 2.90. The molecular formula is C25H22F3N5O6. The van der Waals surface area contributed by atoms with Crippen molar-refractivity contribution in [1.29, 1.82) is 0 Å². The maximum absolute atomic E-state index is 13.4. The van der Waals surface area contributed by atoms with Crippen LogP contribution in [0, 0.1) is 0 Å². The second kappa shape index (κ2) is 11.2. The van der Waals surface area contributed by atoms with Crippen LogP contribution in [0.25, 0.3) is 0 Å². The second-order valence-electron chi connectivity index (χ2n) is 8.48. The Morgan fingerprint density at radius 3 is 2.33 bits per heavy atom. The molecular weight excluding hydrogens is 523 g/mol. The highest BCUT2D eigenvalue weighted by Gasteiger charge is 2.50. The number of hydrogen-bond acceptors (Lipinski definition) is 9. The minimum absolute atomic E-state index is 0.0338. The zero-order valence-corrected chi connectivity index (χ0v) is 20.4. The second-order valence-corrected chi connectivity index (χ2v) is 8.48. The van der Waals surface area contributed by atoms with Gasteiger partial charge in [0.15, 0.2) is 5.75 Å². The summed E-state index contributed by atoms with van der Waals surface area (Å²) in [6, 6.07) is 9.42. The summed E-state index contributed by atoms with van der Waals surface area (Å²) >= 11 is 0. The van der Waals surface area contributed by atoms with Gasteiger partial charge in [0, 0.05) is 19.4 Å². The van der Waals surface area contributed by atoms with Gasteiger partial charge >= 0.3 is 12.3 Å². The molecule has 1 saturated carbocycles. The molecule has 1 heterocycles. The topological polar surface area (TPSA) is 144 Å². The van der Waals surface area contributed by atoms with Gasteiger partial charge in [-0.1, -0.05) is 17.3 Å². The van der Waals surface area contributed by atoms with Gasteiger partial charge in [0.1, 0.15) is 34.7 Å². The average molecular weight is 545 g/mol. The number of benzene rings is 2. The molecule has 14 heteroatoms. The standard InChI is InChI=1S/C25H22F3N5O6/c1-37-18-6-7-21(20(8-18)25(26,27)28)38-17-4-2-15(3-5-17)11-31-22(34)24(9-16(10-24)33-36)32-23(35)39-19-12-29-14-30-13-19/h2-8,12-14,36H,9-11H2,1H3,(H,31,34)(H,32,35). The zero-order valence-electron chi connectivity index (χ0n) is 20.4. The molecule has 2 aromatic carbocycles. The lowest BCUT2D eigenvalue weighted by molar-refractivity contribution is -0.138. The summed E-state index contributed by atoms with van der Waals surface area (Å²) in [6.45, 7) is 0.0338. The molecule has 0 unspecified atom stereocenters. The quantitative estimate of drug-likeness (QED) is 0.284. The Balaban J connectivity index is 1.38. The van der Waals surface area contributed by atoms with Crippen LogP contribution in [0.1, 0.15) is 24.0 Å². The summed E-state index contributed by atoms with van der Waals surface area (Å²) in [6.07, 6.45) is -1.85. The molecule has 1 aliphatic rings. The smallest absolute Gasteiger partial charge is 0.420 e. The number of aromatic nitrogens is 2. The Hall–Kier alpha value is -4.88. The fourth-order valence-electron chi connectivity index (χ4n) is 3.79. The monoisotopic (exact) mass is 545 g/mol. The van der Waals surface area contributed by atoms with Gasteiger partial charge in [-0.3, -0.25) is 4.79 Å². The number of carbonyl (C=O) groups excluding carboxylic acids is 2. The molecule has 204 valence electrons. The van der Waals surface area contributed by atoms with E-state index in [2.05, 4.69) is 25.8 Å². The third kappa shape index (κ3) is 6.52. The lowest BCUT2D eigenvalue weighted by Gasteiger charge is -2.40. The van der Waals surface area contributed by atoms with Gasteiger partial charge in [0.25, 0.3) is 0 Å². The Morgan fingerprint density at radius 1 is 1.05 bits per heavy atom. The van der Waals surface area contributed by atoms with Crippen molar-refractivity contribution in [2.45, 2.75) is 31.1 Å². The molecule has 4 rings (SSSR count). The van der Waals surface area contributed by atoms with Crippen LogP contribution >= 0.6 is 0 Å². The molecule has 1 aliphatic carbocycles.